The van der Waals surface area contributed by atoms with Crippen molar-refractivity contribution in [2.75, 3.05) is 35.9 Å². The second-order valence-electron chi connectivity index (χ2n) is 7.08. The zero-order valence-electron chi connectivity index (χ0n) is 17.4. The molecule has 2 aliphatic heterocycles. The van der Waals surface area contributed by atoms with E-state index in [4.69, 9.17) is 20.3 Å². The number of rotatable bonds is 6. The summed E-state index contributed by atoms with van der Waals surface area (Å²) in [5, 5.41) is 20.5. The Morgan fingerprint density at radius 1 is 1.29 bits per heavy atom. The molecule has 0 amide bonds. The van der Waals surface area contributed by atoms with E-state index in [1.54, 1.807) is 25.8 Å². The van der Waals surface area contributed by atoms with E-state index in [0.717, 1.165) is 0 Å². The molecule has 0 radical (unpaired) electrons. The molecule has 2 aliphatic rings. The number of nitrogens with two attached hydrogens (primary N) is 1. The summed E-state index contributed by atoms with van der Waals surface area (Å²) in [6.07, 6.45) is -0.684. The van der Waals surface area contributed by atoms with Gasteiger partial charge in [-0.25, -0.2) is 14.1 Å². The van der Waals surface area contributed by atoms with E-state index in [9.17, 15) is 29.0 Å². The van der Waals surface area contributed by atoms with E-state index in [1.165, 1.54) is 9.80 Å². The van der Waals surface area contributed by atoms with Gasteiger partial charge in [0.1, 0.15) is 24.0 Å². The van der Waals surface area contributed by atoms with Crippen molar-refractivity contribution in [1.29, 1.82) is 0 Å². The summed E-state index contributed by atoms with van der Waals surface area (Å²) in [5.41, 5.74) is 5.18. The van der Waals surface area contributed by atoms with Gasteiger partial charge in [0.05, 0.1) is 19.6 Å². The number of aliphatic hydroxyl groups is 2. The third kappa shape index (κ3) is 6.19. The number of anilines is 3. The van der Waals surface area contributed by atoms with Crippen LogP contribution in [0.2, 0.25) is 0 Å². The van der Waals surface area contributed by atoms with Crippen molar-refractivity contribution in [3.8, 4) is 0 Å². The van der Waals surface area contributed by atoms with Crippen LogP contribution in [0.4, 0.5) is 17.5 Å². The number of ether oxygens (including phenoxy) is 1. The summed E-state index contributed by atoms with van der Waals surface area (Å²) in [6, 6.07) is 0. The smallest absolute Gasteiger partial charge is 0.387 e. The number of aromatic nitrogens is 4. The Kier molecular flexibility index (Phi) is 7.79. The van der Waals surface area contributed by atoms with Gasteiger partial charge >= 0.3 is 15.6 Å². The van der Waals surface area contributed by atoms with Gasteiger partial charge in [0.2, 0.25) is 5.95 Å². The Morgan fingerprint density at radius 2 is 2.00 bits per heavy atom. The summed E-state index contributed by atoms with van der Waals surface area (Å²) < 4.78 is 35.8. The van der Waals surface area contributed by atoms with Crippen LogP contribution in [0.1, 0.15) is 0 Å². The van der Waals surface area contributed by atoms with Crippen LogP contribution in [0, 0.1) is 0 Å². The Labute approximate surface area is 190 Å². The van der Waals surface area contributed by atoms with E-state index >= 15 is 0 Å². The van der Waals surface area contributed by atoms with Gasteiger partial charge in [0.25, 0.3) is 5.56 Å². The molecule has 4 heterocycles. The van der Waals surface area contributed by atoms with Gasteiger partial charge in [-0.1, -0.05) is 0 Å². The van der Waals surface area contributed by atoms with Crippen LogP contribution in [-0.2, 0) is 22.7 Å². The summed E-state index contributed by atoms with van der Waals surface area (Å²) in [6.45, 7) is -0.805. The lowest BCUT2D eigenvalue weighted by Crippen LogP contribution is -2.45. The number of hydrogen-bond acceptors (Lipinski definition) is 13. The maximum Gasteiger partial charge on any atom is 0.481 e. The molecule has 9 N–H and O–H groups in total. The molecule has 4 rings (SSSR count). The third-order valence-electron chi connectivity index (χ3n) is 4.57. The van der Waals surface area contributed by atoms with Crippen molar-refractivity contribution < 1.29 is 47.6 Å². The minimum absolute atomic E-state index is 0.0384. The standard InChI is InChI=1S/C11H19N5O11P2.C3H4N2/c1-15-3-16(8-5(15)9(19)14-11(12)13-8)10-7(18)6(17)4(26-10)2-25-29(23,24)27-28(20,21)22;1-2-5-3-4-1/h4,6-7,10,17-18H,2-3H2,1H3,(H,23,24)(H2,20,21,22)(H3,12,13,14,19);1-3H,(H,4,5)/t4-,6-,7-,10-;/m1./s1. The van der Waals surface area contributed by atoms with Crippen molar-refractivity contribution in [1.82, 2.24) is 19.9 Å². The first-order chi connectivity index (χ1) is 15.8. The number of phosphoric acid groups is 2. The predicted molar refractivity (Wildman–Crippen MR) is 113 cm³/mol. The largest absolute Gasteiger partial charge is 0.481 e. The van der Waals surface area contributed by atoms with Gasteiger partial charge in [0, 0.05) is 19.4 Å². The Bertz CT molecular complexity index is 1110. The second kappa shape index (κ2) is 10.1. The number of phosphoric ester groups is 1. The van der Waals surface area contributed by atoms with Gasteiger partial charge < -0.3 is 50.1 Å². The molecule has 0 aromatic carbocycles. The van der Waals surface area contributed by atoms with E-state index < -0.39 is 52.4 Å². The van der Waals surface area contributed by atoms with Crippen LogP contribution in [0.5, 0.6) is 0 Å². The number of H-pyrrole nitrogens is 2. The molecule has 0 aliphatic carbocycles. The van der Waals surface area contributed by atoms with Crippen LogP contribution >= 0.6 is 15.6 Å². The molecular formula is C14H23N7O11P2. The van der Waals surface area contributed by atoms with Gasteiger partial charge in [-0.05, 0) is 0 Å². The molecule has 5 atom stereocenters. The average Bonchev–Trinajstić information content (AvgIpc) is 3.42. The summed E-state index contributed by atoms with van der Waals surface area (Å²) >= 11 is 0. The van der Waals surface area contributed by atoms with E-state index in [0.29, 0.717) is 0 Å². The number of aliphatic hydroxyl groups excluding tert-OH is 2. The summed E-state index contributed by atoms with van der Waals surface area (Å²) in [5.74, 6) is -0.0954. The lowest BCUT2D eigenvalue weighted by atomic mass is 10.1. The molecule has 1 unspecified atom stereocenters. The Hall–Kier alpha value is -2.37. The third-order valence-corrected chi connectivity index (χ3v) is 6.73. The molecule has 34 heavy (non-hydrogen) atoms. The molecule has 18 nitrogen and oxygen atoms in total. The monoisotopic (exact) mass is 527 g/mol. The molecule has 0 bridgehead atoms. The fourth-order valence-electron chi connectivity index (χ4n) is 3.25. The zero-order valence-corrected chi connectivity index (χ0v) is 19.2. The molecule has 2 aromatic rings. The van der Waals surface area contributed by atoms with Crippen molar-refractivity contribution in [3.05, 3.63) is 29.1 Å². The molecule has 20 heteroatoms. The summed E-state index contributed by atoms with van der Waals surface area (Å²) in [4.78, 5) is 54.2. The van der Waals surface area contributed by atoms with Crippen LogP contribution in [0.25, 0.3) is 0 Å². The predicted octanol–water partition coefficient (Wildman–Crippen LogP) is -2.35. The van der Waals surface area contributed by atoms with Gasteiger partial charge in [-0.15, -0.1) is 0 Å². The quantitative estimate of drug-likeness (QED) is 0.183. The van der Waals surface area contributed by atoms with Crippen molar-refractivity contribution >= 4 is 33.1 Å². The topological polar surface area (TPSA) is 270 Å². The number of imidazole rings is 1. The van der Waals surface area contributed by atoms with Crippen LogP contribution in [-0.4, -0.2) is 89.7 Å². The highest BCUT2D eigenvalue weighted by Gasteiger charge is 2.49. The first-order valence-electron chi connectivity index (χ1n) is 9.35. The highest BCUT2D eigenvalue weighted by Crippen LogP contribution is 2.57. The Morgan fingerprint density at radius 3 is 2.56 bits per heavy atom. The van der Waals surface area contributed by atoms with Gasteiger partial charge in [-0.2, -0.15) is 9.29 Å². The van der Waals surface area contributed by atoms with Crippen molar-refractivity contribution in [3.63, 3.8) is 0 Å². The Balaban J connectivity index is 0.000000574. The van der Waals surface area contributed by atoms with Crippen LogP contribution in [0.15, 0.2) is 23.5 Å². The highest BCUT2D eigenvalue weighted by molar-refractivity contribution is 7.60. The van der Waals surface area contributed by atoms with E-state index in [-0.39, 0.29) is 24.1 Å². The van der Waals surface area contributed by atoms with E-state index in [2.05, 4.69) is 28.8 Å². The fraction of sp³-hybridized carbons (Fsp3) is 0.500. The van der Waals surface area contributed by atoms with Crippen molar-refractivity contribution in [2.24, 2.45) is 0 Å². The maximum atomic E-state index is 12.1. The molecule has 0 saturated carbocycles. The lowest BCUT2D eigenvalue weighted by molar-refractivity contribution is -0.0217. The summed E-state index contributed by atoms with van der Waals surface area (Å²) in [7, 11) is -8.91. The number of nitrogen functional groups attached to an aromatic ring is 1. The molecule has 1 fully saturated rings. The number of nitrogens with one attached hydrogen (secondary N) is 2. The SMILES string of the molecule is CN1CN([C@@H]2O[C@H](COP(=O)(O)OP(=O)(O)O)[C@@H](O)[C@H]2O)c2nc(N)[nH]c(=O)c21.c1c[nH]cn1. The second-order valence-corrected chi connectivity index (χ2v) is 9.91. The lowest BCUT2D eigenvalue weighted by Gasteiger charge is -2.27. The van der Waals surface area contributed by atoms with Crippen LogP contribution < -0.4 is 21.1 Å². The average molecular weight is 527 g/mol. The molecule has 1 saturated heterocycles. The molecule has 0 spiro atoms. The normalized spacial score (nSPS) is 26.1. The van der Waals surface area contributed by atoms with Crippen molar-refractivity contribution in [2.45, 2.75) is 24.5 Å². The first kappa shape index (κ1) is 26.2. The van der Waals surface area contributed by atoms with Crippen LogP contribution in [0.3, 0.4) is 0 Å². The van der Waals surface area contributed by atoms with E-state index in [1.807, 2.05) is 0 Å². The van der Waals surface area contributed by atoms with Gasteiger partial charge in [-0.3, -0.25) is 14.3 Å². The van der Waals surface area contributed by atoms with Gasteiger partial charge in [0.15, 0.2) is 12.0 Å². The highest BCUT2D eigenvalue weighted by atomic mass is 31.3. The fourth-order valence-corrected chi connectivity index (χ4v) is 4.85. The minimum Gasteiger partial charge on any atom is -0.387 e. The number of aromatic amines is 2. The molecule has 2 aromatic heterocycles. The molecular weight excluding hydrogens is 504 g/mol. The minimum atomic E-state index is -5.32. The number of nitrogens with zero attached hydrogens (tertiary/aromatic N) is 4. The maximum absolute atomic E-state index is 12.1. The first-order valence-corrected chi connectivity index (χ1v) is 12.4. The zero-order chi connectivity index (χ0) is 25.3. The number of fused-ring (bicyclic) bond motifs is 1. The molecule has 190 valence electrons. The number of hydrogen-bond donors (Lipinski definition) is 8.